The van der Waals surface area contributed by atoms with Crippen molar-refractivity contribution in [1.82, 2.24) is 10.6 Å². The number of carboxylic acids is 1. The van der Waals surface area contributed by atoms with Crippen LogP contribution in [0.3, 0.4) is 0 Å². The molecule has 0 bridgehead atoms. The van der Waals surface area contributed by atoms with Crippen LogP contribution in [0.4, 0.5) is 0 Å². The second-order valence-electron chi connectivity index (χ2n) is 12.8. The van der Waals surface area contributed by atoms with Gasteiger partial charge in [-0.05, 0) is 86.5 Å². The van der Waals surface area contributed by atoms with Crippen LogP contribution in [-0.2, 0) is 19.2 Å². The van der Waals surface area contributed by atoms with Crippen molar-refractivity contribution in [3.63, 3.8) is 0 Å². The molecule has 2 amide bonds. The summed E-state index contributed by atoms with van der Waals surface area (Å²) in [5.74, 6) is 1.85. The Bertz CT molecular complexity index is 1110. The number of amides is 2. The molecule has 0 spiro atoms. The summed E-state index contributed by atoms with van der Waals surface area (Å²) in [6.45, 7) is 7.31. The third kappa shape index (κ3) is 5.32. The predicted octanol–water partition coefficient (Wildman–Crippen LogP) is 3.03. The van der Waals surface area contributed by atoms with Gasteiger partial charge in [0.1, 0.15) is 11.6 Å². The van der Waals surface area contributed by atoms with E-state index in [0.29, 0.717) is 24.2 Å². The lowest BCUT2D eigenvalue weighted by molar-refractivity contribution is -0.143. The van der Waals surface area contributed by atoms with Crippen LogP contribution < -0.4 is 10.6 Å². The Hall–Kier alpha value is -2.86. The van der Waals surface area contributed by atoms with E-state index in [4.69, 9.17) is 11.3 Å². The second kappa shape index (κ2) is 11.0. The molecule has 7 atom stereocenters. The van der Waals surface area contributed by atoms with Crippen molar-refractivity contribution in [3.05, 3.63) is 11.6 Å². The quantitative estimate of drug-likeness (QED) is 0.275. The predicted molar refractivity (Wildman–Crippen MR) is 146 cm³/mol. The normalized spacial score (nSPS) is 37.0. The fourth-order valence-electron chi connectivity index (χ4n) is 8.04. The summed E-state index contributed by atoms with van der Waals surface area (Å²) in [6.07, 6.45) is 15.5. The van der Waals surface area contributed by atoms with E-state index >= 15 is 0 Å². The zero-order chi connectivity index (χ0) is 28.6. The summed E-state index contributed by atoms with van der Waals surface area (Å²) in [6, 6.07) is -1.01. The molecule has 0 saturated heterocycles. The first kappa shape index (κ1) is 29.1. The highest BCUT2D eigenvalue weighted by Crippen LogP contribution is 2.67. The van der Waals surface area contributed by atoms with Crippen LogP contribution in [0.2, 0.25) is 0 Å². The molecular weight excluding hydrogens is 498 g/mol. The molecule has 0 unspecified atom stereocenters. The molecule has 4 aliphatic carbocycles. The Labute approximate surface area is 231 Å². The maximum atomic E-state index is 12.1. The van der Waals surface area contributed by atoms with Crippen LogP contribution in [0.1, 0.15) is 79.1 Å². The van der Waals surface area contributed by atoms with Crippen LogP contribution in [-0.4, -0.2) is 58.5 Å². The number of fused-ring (bicyclic) bond motifs is 5. The minimum Gasteiger partial charge on any atom is -0.480 e. The van der Waals surface area contributed by atoms with Crippen molar-refractivity contribution in [1.29, 1.82) is 0 Å². The molecule has 0 aromatic carbocycles. The number of hydrogen-bond acceptors (Lipinski definition) is 6. The monoisotopic (exact) mass is 541 g/mol. The molecule has 3 saturated carbocycles. The minimum atomic E-state index is -1.12. The minimum absolute atomic E-state index is 0.0919. The molecule has 0 aliphatic heterocycles. The van der Waals surface area contributed by atoms with Gasteiger partial charge < -0.3 is 25.7 Å². The zero-order valence-corrected chi connectivity index (χ0v) is 23.6. The Kier molecular flexibility index (Phi) is 8.18. The highest BCUT2D eigenvalue weighted by molar-refractivity contribution is 5.96. The Morgan fingerprint density at radius 3 is 2.51 bits per heavy atom. The molecule has 9 heteroatoms. The van der Waals surface area contributed by atoms with Gasteiger partial charge in [0.25, 0.3) is 5.91 Å². The molecule has 0 aromatic rings. The van der Waals surface area contributed by atoms with E-state index in [2.05, 4.69) is 41.6 Å². The van der Waals surface area contributed by atoms with Gasteiger partial charge in [-0.25, -0.2) is 4.79 Å². The SMILES string of the molecule is C#C[C@]1(O)CC[C@H]2[C@@H]3CCC4=C/C(=N\OCC(=O)NCC(=O)N[C@H](C(=O)O)C(C)C)CC[C@]4(C)[C@H]3CC[C@@]21C. The molecule has 4 rings (SSSR count). The molecule has 0 aromatic heterocycles. The smallest absolute Gasteiger partial charge is 0.326 e. The number of terminal acetylenes is 1. The molecule has 214 valence electrons. The van der Waals surface area contributed by atoms with Crippen LogP contribution in [0.25, 0.3) is 0 Å². The summed E-state index contributed by atoms with van der Waals surface area (Å²) < 4.78 is 0. The molecule has 9 nitrogen and oxygen atoms in total. The lowest BCUT2D eigenvalue weighted by Gasteiger charge is -2.58. The number of carbonyl (C=O) groups is 3. The Morgan fingerprint density at radius 2 is 1.85 bits per heavy atom. The maximum Gasteiger partial charge on any atom is 0.326 e. The summed E-state index contributed by atoms with van der Waals surface area (Å²) in [7, 11) is 0. The molecule has 3 fully saturated rings. The van der Waals surface area contributed by atoms with E-state index in [1.54, 1.807) is 13.8 Å². The molecule has 4 aliphatic rings. The molecule has 0 radical (unpaired) electrons. The number of nitrogens with one attached hydrogen (secondary N) is 2. The molecule has 4 N–H and O–H groups in total. The number of nitrogens with zero attached hydrogens (tertiary/aromatic N) is 1. The summed E-state index contributed by atoms with van der Waals surface area (Å²) in [5.41, 5.74) is 1.10. The fourth-order valence-corrected chi connectivity index (χ4v) is 8.04. The third-order valence-corrected chi connectivity index (χ3v) is 10.4. The number of aliphatic carboxylic acids is 1. The van der Waals surface area contributed by atoms with E-state index in [-0.39, 0.29) is 29.9 Å². The van der Waals surface area contributed by atoms with E-state index in [9.17, 15) is 24.6 Å². The Balaban J connectivity index is 1.31. The average molecular weight is 542 g/mol. The van der Waals surface area contributed by atoms with Crippen LogP contribution >= 0.6 is 0 Å². The Morgan fingerprint density at radius 1 is 1.13 bits per heavy atom. The number of rotatable bonds is 8. The van der Waals surface area contributed by atoms with Crippen LogP contribution in [0, 0.1) is 46.8 Å². The first-order chi connectivity index (χ1) is 18.3. The van der Waals surface area contributed by atoms with Gasteiger partial charge in [0, 0.05) is 5.41 Å². The largest absolute Gasteiger partial charge is 0.480 e. The van der Waals surface area contributed by atoms with Gasteiger partial charge >= 0.3 is 5.97 Å². The highest BCUT2D eigenvalue weighted by Gasteiger charge is 2.63. The standard InChI is InChI=1S/C30H43N3O6/c1-6-30(38)14-11-23-21-8-7-19-15-20(9-12-28(19,4)22(21)10-13-29(23,30)5)33-39-17-25(35)31-16-24(34)32-26(18(2)3)27(36)37/h1,15,18,21-23,26,38H,7-14,16-17H2,2-5H3,(H,31,35)(H,32,34)(H,36,37)/b33-20-/t21-,22+,23+,26+,28+,29+,30+/m1/s1. The summed E-state index contributed by atoms with van der Waals surface area (Å²) in [5, 5.41) is 29.4. The molecular formula is C30H43N3O6. The van der Waals surface area contributed by atoms with Gasteiger partial charge in [-0.2, -0.15) is 0 Å². The molecule has 0 heterocycles. The molecule has 39 heavy (non-hydrogen) atoms. The van der Waals surface area contributed by atoms with Crippen LogP contribution in [0.5, 0.6) is 0 Å². The average Bonchev–Trinajstić information content (AvgIpc) is 3.16. The number of carbonyl (C=O) groups excluding carboxylic acids is 2. The number of hydrogen-bond donors (Lipinski definition) is 4. The van der Waals surface area contributed by atoms with E-state index < -0.39 is 29.4 Å². The van der Waals surface area contributed by atoms with Crippen molar-refractivity contribution in [2.24, 2.45) is 39.7 Å². The summed E-state index contributed by atoms with van der Waals surface area (Å²) in [4.78, 5) is 40.6. The highest BCUT2D eigenvalue weighted by atomic mass is 16.6. The summed E-state index contributed by atoms with van der Waals surface area (Å²) >= 11 is 0. The topological polar surface area (TPSA) is 137 Å². The van der Waals surface area contributed by atoms with Gasteiger partial charge in [0.15, 0.2) is 6.61 Å². The number of aliphatic hydroxyl groups is 1. The number of allylic oxidation sites excluding steroid dienone is 2. The lowest BCUT2D eigenvalue weighted by Crippen LogP contribution is -2.54. The van der Waals surface area contributed by atoms with Gasteiger partial charge in [-0.3, -0.25) is 9.59 Å². The first-order valence-corrected chi connectivity index (χ1v) is 14.2. The number of oxime groups is 1. The van der Waals surface area contributed by atoms with Crippen molar-refractivity contribution in [3.8, 4) is 12.3 Å². The van der Waals surface area contributed by atoms with Gasteiger partial charge in [0.05, 0.1) is 12.3 Å². The number of carboxylic acid groups (broad SMARTS) is 1. The maximum absolute atomic E-state index is 12.1. The third-order valence-electron chi connectivity index (χ3n) is 10.4. The lowest BCUT2D eigenvalue weighted by atomic mass is 9.46. The van der Waals surface area contributed by atoms with E-state index in [1.807, 2.05) is 0 Å². The van der Waals surface area contributed by atoms with Crippen molar-refractivity contribution in [2.45, 2.75) is 90.7 Å². The van der Waals surface area contributed by atoms with E-state index in [0.717, 1.165) is 50.7 Å². The van der Waals surface area contributed by atoms with Gasteiger partial charge in [0.2, 0.25) is 5.91 Å². The van der Waals surface area contributed by atoms with Crippen LogP contribution in [0.15, 0.2) is 16.8 Å². The van der Waals surface area contributed by atoms with Crippen molar-refractivity contribution >= 4 is 23.5 Å². The van der Waals surface area contributed by atoms with Gasteiger partial charge in [-0.15, -0.1) is 6.42 Å². The zero-order valence-electron chi connectivity index (χ0n) is 23.6. The van der Waals surface area contributed by atoms with Crippen molar-refractivity contribution < 1.29 is 29.4 Å². The van der Waals surface area contributed by atoms with E-state index in [1.165, 1.54) is 5.57 Å². The first-order valence-electron chi connectivity index (χ1n) is 14.2. The van der Waals surface area contributed by atoms with Crippen molar-refractivity contribution in [2.75, 3.05) is 13.2 Å². The fraction of sp³-hybridized carbons (Fsp3) is 0.733. The second-order valence-corrected chi connectivity index (χ2v) is 12.8. The van der Waals surface area contributed by atoms with Gasteiger partial charge in [-0.1, -0.05) is 44.3 Å².